The second-order valence-corrected chi connectivity index (χ2v) is 2.30. The molecular formula is C6H15N3. The van der Waals surface area contributed by atoms with Crippen molar-refractivity contribution in [1.29, 1.82) is 0 Å². The SMILES string of the molecule is CC(C)CNC=NCN. The fourth-order valence-corrected chi connectivity index (χ4v) is 0.406. The van der Waals surface area contributed by atoms with Crippen molar-refractivity contribution in [1.82, 2.24) is 5.32 Å². The number of aliphatic imine (C=N–C) groups is 1. The van der Waals surface area contributed by atoms with Crippen LogP contribution in [0, 0.1) is 5.92 Å². The maximum Gasteiger partial charge on any atom is 0.0876 e. The maximum atomic E-state index is 5.11. The highest BCUT2D eigenvalue weighted by atomic mass is 15.0. The molecule has 3 N–H and O–H groups in total. The Kier molecular flexibility index (Phi) is 5.21. The van der Waals surface area contributed by atoms with Gasteiger partial charge in [0, 0.05) is 6.54 Å². The van der Waals surface area contributed by atoms with Crippen molar-refractivity contribution in [3.8, 4) is 0 Å². The summed E-state index contributed by atoms with van der Waals surface area (Å²) in [6.07, 6.45) is 1.65. The molecule has 3 heteroatoms. The van der Waals surface area contributed by atoms with Crippen LogP contribution in [0.15, 0.2) is 4.99 Å². The second kappa shape index (κ2) is 5.56. The molecule has 0 aliphatic rings. The molecule has 0 saturated carbocycles. The van der Waals surface area contributed by atoms with E-state index in [0.717, 1.165) is 6.54 Å². The largest absolute Gasteiger partial charge is 0.376 e. The summed E-state index contributed by atoms with van der Waals surface area (Å²) in [7, 11) is 0. The fraction of sp³-hybridized carbons (Fsp3) is 0.833. The van der Waals surface area contributed by atoms with E-state index in [0.29, 0.717) is 12.6 Å². The van der Waals surface area contributed by atoms with E-state index in [4.69, 9.17) is 5.73 Å². The number of nitrogens with one attached hydrogen (secondary N) is 1. The summed E-state index contributed by atoms with van der Waals surface area (Å²) in [4.78, 5) is 3.79. The van der Waals surface area contributed by atoms with Gasteiger partial charge in [-0.25, -0.2) is 0 Å². The molecule has 0 fully saturated rings. The zero-order chi connectivity index (χ0) is 7.11. The van der Waals surface area contributed by atoms with Gasteiger partial charge in [0.1, 0.15) is 0 Å². The number of rotatable bonds is 4. The Morgan fingerprint density at radius 3 is 2.78 bits per heavy atom. The van der Waals surface area contributed by atoms with E-state index in [1.54, 1.807) is 6.34 Å². The molecule has 0 amide bonds. The average Bonchev–Trinajstić information content (AvgIpc) is 1.80. The molecule has 9 heavy (non-hydrogen) atoms. The lowest BCUT2D eigenvalue weighted by Gasteiger charge is -2.01. The Balaban J connectivity index is 2.99. The van der Waals surface area contributed by atoms with Crippen LogP contribution < -0.4 is 11.1 Å². The Labute approximate surface area is 56.3 Å². The number of hydrogen-bond acceptors (Lipinski definition) is 2. The molecule has 0 aromatic rings. The predicted molar refractivity (Wildman–Crippen MR) is 40.4 cm³/mol. The first-order chi connectivity index (χ1) is 4.27. The lowest BCUT2D eigenvalue weighted by atomic mass is 10.2. The molecule has 0 rings (SSSR count). The van der Waals surface area contributed by atoms with Gasteiger partial charge in [-0.15, -0.1) is 0 Å². The maximum absolute atomic E-state index is 5.11. The topological polar surface area (TPSA) is 50.4 Å². The minimum Gasteiger partial charge on any atom is -0.376 e. The van der Waals surface area contributed by atoms with Crippen molar-refractivity contribution in [2.75, 3.05) is 13.2 Å². The van der Waals surface area contributed by atoms with Crippen LogP contribution in [-0.2, 0) is 0 Å². The van der Waals surface area contributed by atoms with Gasteiger partial charge in [-0.05, 0) is 5.92 Å². The van der Waals surface area contributed by atoms with Crippen molar-refractivity contribution in [2.24, 2.45) is 16.6 Å². The van der Waals surface area contributed by atoms with Crippen molar-refractivity contribution in [2.45, 2.75) is 13.8 Å². The summed E-state index contributed by atoms with van der Waals surface area (Å²) in [6.45, 7) is 5.61. The summed E-state index contributed by atoms with van der Waals surface area (Å²) < 4.78 is 0. The standard InChI is InChI=1S/C6H15N3/c1-6(2)3-8-5-9-4-7/h5-6H,3-4,7H2,1-2H3,(H,8,9). The summed E-state index contributed by atoms with van der Waals surface area (Å²) in [5.74, 6) is 0.661. The molecule has 0 bridgehead atoms. The smallest absolute Gasteiger partial charge is 0.0876 e. The zero-order valence-corrected chi connectivity index (χ0v) is 6.09. The molecule has 0 aromatic carbocycles. The quantitative estimate of drug-likeness (QED) is 0.420. The lowest BCUT2D eigenvalue weighted by Crippen LogP contribution is -2.18. The Morgan fingerprint density at radius 1 is 1.67 bits per heavy atom. The molecular weight excluding hydrogens is 114 g/mol. The highest BCUT2D eigenvalue weighted by Gasteiger charge is 1.86. The van der Waals surface area contributed by atoms with Gasteiger partial charge in [0.05, 0.1) is 13.0 Å². The Morgan fingerprint density at radius 2 is 2.33 bits per heavy atom. The van der Waals surface area contributed by atoms with Crippen LogP contribution in [0.25, 0.3) is 0 Å². The predicted octanol–water partition coefficient (Wildman–Crippen LogP) is 0.176. The average molecular weight is 129 g/mol. The first-order valence-electron chi connectivity index (χ1n) is 3.19. The van der Waals surface area contributed by atoms with E-state index < -0.39 is 0 Å². The van der Waals surface area contributed by atoms with Crippen molar-refractivity contribution >= 4 is 6.34 Å². The number of nitrogens with two attached hydrogens (primary N) is 1. The van der Waals surface area contributed by atoms with Gasteiger partial charge in [-0.2, -0.15) is 0 Å². The van der Waals surface area contributed by atoms with E-state index in [-0.39, 0.29) is 0 Å². The molecule has 0 aromatic heterocycles. The van der Waals surface area contributed by atoms with Gasteiger partial charge in [0.2, 0.25) is 0 Å². The minimum absolute atomic E-state index is 0.366. The van der Waals surface area contributed by atoms with Gasteiger partial charge in [-0.3, -0.25) is 4.99 Å². The lowest BCUT2D eigenvalue weighted by molar-refractivity contribution is 0.628. The molecule has 0 unspecified atom stereocenters. The molecule has 0 atom stereocenters. The van der Waals surface area contributed by atoms with E-state index >= 15 is 0 Å². The molecule has 0 spiro atoms. The minimum atomic E-state index is 0.366. The van der Waals surface area contributed by atoms with Gasteiger partial charge < -0.3 is 11.1 Å². The van der Waals surface area contributed by atoms with Gasteiger partial charge >= 0.3 is 0 Å². The molecule has 0 aliphatic carbocycles. The van der Waals surface area contributed by atoms with Crippen LogP contribution in [0.2, 0.25) is 0 Å². The summed E-state index contributed by atoms with van der Waals surface area (Å²) >= 11 is 0. The van der Waals surface area contributed by atoms with Crippen LogP contribution in [0.4, 0.5) is 0 Å². The summed E-state index contributed by atoms with van der Waals surface area (Å²) in [6, 6.07) is 0. The Hall–Kier alpha value is -0.570. The zero-order valence-electron chi connectivity index (χ0n) is 6.09. The fourth-order valence-electron chi connectivity index (χ4n) is 0.406. The van der Waals surface area contributed by atoms with Gasteiger partial charge in [-0.1, -0.05) is 13.8 Å². The number of hydrogen-bond donors (Lipinski definition) is 2. The molecule has 0 aliphatic heterocycles. The monoisotopic (exact) mass is 129 g/mol. The van der Waals surface area contributed by atoms with E-state index in [1.807, 2.05) is 0 Å². The molecule has 0 heterocycles. The molecule has 0 saturated heterocycles. The first-order valence-corrected chi connectivity index (χ1v) is 3.19. The summed E-state index contributed by atoms with van der Waals surface area (Å²) in [5.41, 5.74) is 5.11. The third-order valence-electron chi connectivity index (χ3n) is 0.814. The van der Waals surface area contributed by atoms with Crippen LogP contribution in [0.3, 0.4) is 0 Å². The van der Waals surface area contributed by atoms with Crippen molar-refractivity contribution in [3.63, 3.8) is 0 Å². The molecule has 0 radical (unpaired) electrons. The third-order valence-corrected chi connectivity index (χ3v) is 0.814. The Bertz CT molecular complexity index is 78.4. The highest BCUT2D eigenvalue weighted by Crippen LogP contribution is 1.84. The second-order valence-electron chi connectivity index (χ2n) is 2.30. The van der Waals surface area contributed by atoms with E-state index in [2.05, 4.69) is 24.2 Å². The highest BCUT2D eigenvalue weighted by molar-refractivity contribution is 5.53. The van der Waals surface area contributed by atoms with Gasteiger partial charge in [0.25, 0.3) is 0 Å². The van der Waals surface area contributed by atoms with Crippen LogP contribution in [0.5, 0.6) is 0 Å². The van der Waals surface area contributed by atoms with Crippen molar-refractivity contribution in [3.05, 3.63) is 0 Å². The van der Waals surface area contributed by atoms with E-state index in [1.165, 1.54) is 0 Å². The van der Waals surface area contributed by atoms with Gasteiger partial charge in [0.15, 0.2) is 0 Å². The van der Waals surface area contributed by atoms with Crippen LogP contribution >= 0.6 is 0 Å². The molecule has 3 nitrogen and oxygen atoms in total. The van der Waals surface area contributed by atoms with Crippen LogP contribution in [-0.4, -0.2) is 19.6 Å². The van der Waals surface area contributed by atoms with Crippen LogP contribution in [0.1, 0.15) is 13.8 Å². The molecule has 54 valence electrons. The number of nitrogens with zero attached hydrogens (tertiary/aromatic N) is 1. The van der Waals surface area contributed by atoms with Crippen molar-refractivity contribution < 1.29 is 0 Å². The third kappa shape index (κ3) is 7.43. The van der Waals surface area contributed by atoms with E-state index in [9.17, 15) is 0 Å². The summed E-state index contributed by atoms with van der Waals surface area (Å²) in [5, 5.41) is 3.01. The first kappa shape index (κ1) is 8.43. The normalized spacial score (nSPS) is 11.1.